The van der Waals surface area contributed by atoms with Gasteiger partial charge in [-0.25, -0.2) is 4.39 Å². The summed E-state index contributed by atoms with van der Waals surface area (Å²) in [5.74, 6) is 4.23. The van der Waals surface area contributed by atoms with Crippen LogP contribution in [0, 0.1) is 17.7 Å². The van der Waals surface area contributed by atoms with Gasteiger partial charge in [-0.3, -0.25) is 9.59 Å². The van der Waals surface area contributed by atoms with Crippen molar-refractivity contribution in [2.45, 2.75) is 25.4 Å². The van der Waals surface area contributed by atoms with E-state index in [-0.39, 0.29) is 25.0 Å². The molecular formula is C15H15FN2O3. The highest BCUT2D eigenvalue weighted by Gasteiger charge is 2.26. The molecule has 2 amide bonds. The van der Waals surface area contributed by atoms with Gasteiger partial charge in [-0.05, 0) is 24.6 Å². The van der Waals surface area contributed by atoms with Crippen LogP contribution in [0.1, 0.15) is 24.0 Å². The largest absolute Gasteiger partial charge is 0.384 e. The van der Waals surface area contributed by atoms with Gasteiger partial charge in [0.25, 0.3) is 0 Å². The fourth-order valence-electron chi connectivity index (χ4n) is 2.05. The lowest BCUT2D eigenvalue weighted by Gasteiger charge is -2.11. The topological polar surface area (TPSA) is 78.4 Å². The summed E-state index contributed by atoms with van der Waals surface area (Å²) in [5, 5.41) is 13.8. The maximum atomic E-state index is 13.7. The maximum absolute atomic E-state index is 13.7. The van der Waals surface area contributed by atoms with E-state index in [4.69, 9.17) is 5.11 Å². The summed E-state index contributed by atoms with van der Waals surface area (Å²) in [6.45, 7) is -0.253. The van der Waals surface area contributed by atoms with Crippen molar-refractivity contribution in [2.75, 3.05) is 6.61 Å². The number of rotatable bonds is 3. The van der Waals surface area contributed by atoms with Crippen molar-refractivity contribution in [3.05, 3.63) is 35.1 Å². The Balaban J connectivity index is 1.99. The molecule has 0 saturated carbocycles. The third-order valence-corrected chi connectivity index (χ3v) is 3.12. The second kappa shape index (κ2) is 6.86. The van der Waals surface area contributed by atoms with Crippen LogP contribution >= 0.6 is 0 Å². The molecule has 1 aromatic rings. The number of hydrogen-bond donors (Lipinski definition) is 3. The van der Waals surface area contributed by atoms with Crippen molar-refractivity contribution < 1.29 is 19.1 Å². The van der Waals surface area contributed by atoms with Crippen LogP contribution in [0.15, 0.2) is 18.2 Å². The van der Waals surface area contributed by atoms with Crippen molar-refractivity contribution in [1.29, 1.82) is 0 Å². The second-order valence-corrected chi connectivity index (χ2v) is 4.64. The van der Waals surface area contributed by atoms with E-state index in [0.717, 1.165) is 0 Å². The number of aliphatic hydroxyl groups is 1. The van der Waals surface area contributed by atoms with Gasteiger partial charge in [0.05, 0.1) is 0 Å². The van der Waals surface area contributed by atoms with Crippen molar-refractivity contribution in [1.82, 2.24) is 10.6 Å². The maximum Gasteiger partial charge on any atom is 0.242 e. The fourth-order valence-corrected chi connectivity index (χ4v) is 2.05. The lowest BCUT2D eigenvalue weighted by Crippen LogP contribution is -2.41. The molecule has 0 aromatic heterocycles. The molecular weight excluding hydrogens is 275 g/mol. The lowest BCUT2D eigenvalue weighted by molar-refractivity contribution is -0.125. The number of benzene rings is 1. The molecule has 0 spiro atoms. The van der Waals surface area contributed by atoms with Gasteiger partial charge < -0.3 is 15.7 Å². The quantitative estimate of drug-likeness (QED) is 0.689. The van der Waals surface area contributed by atoms with E-state index in [1.54, 1.807) is 0 Å². The van der Waals surface area contributed by atoms with Crippen molar-refractivity contribution in [3.63, 3.8) is 0 Å². The number of carbonyl (C=O) groups excluding carboxylic acids is 2. The van der Waals surface area contributed by atoms with E-state index >= 15 is 0 Å². The molecule has 1 heterocycles. The molecule has 5 nitrogen and oxygen atoms in total. The average molecular weight is 290 g/mol. The van der Waals surface area contributed by atoms with Gasteiger partial charge in [0.2, 0.25) is 11.8 Å². The third-order valence-electron chi connectivity index (χ3n) is 3.12. The van der Waals surface area contributed by atoms with Gasteiger partial charge in [-0.1, -0.05) is 11.8 Å². The van der Waals surface area contributed by atoms with Gasteiger partial charge in [0.15, 0.2) is 0 Å². The molecule has 0 radical (unpaired) electrons. The third kappa shape index (κ3) is 4.04. The summed E-state index contributed by atoms with van der Waals surface area (Å²) < 4.78 is 13.7. The van der Waals surface area contributed by atoms with Crippen LogP contribution in [-0.4, -0.2) is 29.6 Å². The van der Waals surface area contributed by atoms with Crippen LogP contribution in [-0.2, 0) is 16.1 Å². The fraction of sp³-hybridized carbons (Fsp3) is 0.333. The van der Waals surface area contributed by atoms with Gasteiger partial charge >= 0.3 is 0 Å². The van der Waals surface area contributed by atoms with Gasteiger partial charge in [0.1, 0.15) is 18.5 Å². The summed E-state index contributed by atoms with van der Waals surface area (Å²) >= 11 is 0. The predicted octanol–water partition coefficient (Wildman–Crippen LogP) is 0.0643. The lowest BCUT2D eigenvalue weighted by atomic mass is 10.1. The van der Waals surface area contributed by atoms with Crippen LogP contribution in [0.2, 0.25) is 0 Å². The molecule has 21 heavy (non-hydrogen) atoms. The first-order valence-corrected chi connectivity index (χ1v) is 6.55. The Hall–Kier alpha value is -2.39. The van der Waals surface area contributed by atoms with Gasteiger partial charge in [0, 0.05) is 24.1 Å². The van der Waals surface area contributed by atoms with Crippen molar-refractivity contribution >= 4 is 11.8 Å². The molecule has 1 aliphatic rings. The van der Waals surface area contributed by atoms with E-state index in [1.165, 1.54) is 18.2 Å². The van der Waals surface area contributed by atoms with Gasteiger partial charge in [-0.2, -0.15) is 0 Å². The minimum Gasteiger partial charge on any atom is -0.384 e. The Labute approximate surface area is 121 Å². The zero-order valence-corrected chi connectivity index (χ0v) is 11.3. The summed E-state index contributed by atoms with van der Waals surface area (Å²) in [5.41, 5.74) is 0.862. The summed E-state index contributed by atoms with van der Waals surface area (Å²) in [6.07, 6.45) is 0.786. The smallest absolute Gasteiger partial charge is 0.242 e. The standard InChI is InChI=1S/C15H15FN2O3/c16-12-4-3-10(2-1-7-19)8-11(12)9-17-15(21)13-5-6-14(20)18-13/h3-4,8,13,19H,5-7,9H2,(H,17,21)(H,18,20). The van der Waals surface area contributed by atoms with Crippen LogP contribution in [0.4, 0.5) is 4.39 Å². The van der Waals surface area contributed by atoms with E-state index in [9.17, 15) is 14.0 Å². The van der Waals surface area contributed by atoms with Crippen molar-refractivity contribution in [2.24, 2.45) is 0 Å². The molecule has 3 N–H and O–H groups in total. The number of carbonyl (C=O) groups is 2. The highest BCUT2D eigenvalue weighted by molar-refractivity contribution is 5.90. The minimum atomic E-state index is -0.544. The van der Waals surface area contributed by atoms with Crippen molar-refractivity contribution in [3.8, 4) is 11.8 Å². The predicted molar refractivity (Wildman–Crippen MR) is 73.4 cm³/mol. The molecule has 1 saturated heterocycles. The molecule has 6 heteroatoms. The van der Waals surface area contributed by atoms with E-state index < -0.39 is 11.9 Å². The monoisotopic (exact) mass is 290 g/mol. The van der Waals surface area contributed by atoms with Crippen LogP contribution in [0.3, 0.4) is 0 Å². The first-order chi connectivity index (χ1) is 10.1. The number of hydrogen-bond acceptors (Lipinski definition) is 3. The Morgan fingerprint density at radius 2 is 2.33 bits per heavy atom. The zero-order valence-electron chi connectivity index (χ0n) is 11.3. The van der Waals surface area contributed by atoms with E-state index in [0.29, 0.717) is 24.0 Å². The van der Waals surface area contributed by atoms with E-state index in [2.05, 4.69) is 22.5 Å². The first-order valence-electron chi connectivity index (χ1n) is 6.55. The number of halogens is 1. The van der Waals surface area contributed by atoms with Crippen LogP contribution < -0.4 is 10.6 Å². The minimum absolute atomic E-state index is 0.0195. The van der Waals surface area contributed by atoms with Crippen LogP contribution in [0.25, 0.3) is 0 Å². The summed E-state index contributed by atoms with van der Waals surface area (Å²) in [7, 11) is 0. The van der Waals surface area contributed by atoms with E-state index in [1.807, 2.05) is 0 Å². The Morgan fingerprint density at radius 3 is 3.00 bits per heavy atom. The molecule has 2 rings (SSSR count). The normalized spacial score (nSPS) is 16.9. The van der Waals surface area contributed by atoms with Gasteiger partial charge in [-0.15, -0.1) is 0 Å². The zero-order chi connectivity index (χ0) is 15.2. The Morgan fingerprint density at radius 1 is 1.52 bits per heavy atom. The number of aliphatic hydroxyl groups excluding tert-OH is 1. The SMILES string of the molecule is O=C1CCC(C(=O)NCc2cc(C#CCO)ccc2F)N1. The second-order valence-electron chi connectivity index (χ2n) is 4.64. The molecule has 1 atom stereocenters. The molecule has 1 fully saturated rings. The highest BCUT2D eigenvalue weighted by atomic mass is 19.1. The number of nitrogens with one attached hydrogen (secondary N) is 2. The average Bonchev–Trinajstić information content (AvgIpc) is 2.91. The first kappa shape index (κ1) is 15.0. The molecule has 110 valence electrons. The molecule has 0 bridgehead atoms. The molecule has 0 aliphatic carbocycles. The summed E-state index contributed by atoms with van der Waals surface area (Å²) in [6, 6.07) is 3.74. The molecule has 1 unspecified atom stereocenters. The highest BCUT2D eigenvalue weighted by Crippen LogP contribution is 2.11. The Kier molecular flexibility index (Phi) is 4.90. The summed E-state index contributed by atoms with van der Waals surface area (Å²) in [4.78, 5) is 22.9. The Bertz CT molecular complexity index is 619. The van der Waals surface area contributed by atoms with Crippen LogP contribution in [0.5, 0.6) is 0 Å². The molecule has 1 aromatic carbocycles. The number of amides is 2. The molecule has 1 aliphatic heterocycles.